The number of aromatic nitrogens is 4. The molecule has 2 fully saturated rings. The molecule has 0 spiro atoms. The van der Waals surface area contributed by atoms with Crippen LogP contribution in [-0.2, 0) is 9.47 Å². The molecule has 0 bridgehead atoms. The fraction of sp³-hybridized carbons (Fsp3) is 0.364. The summed E-state index contributed by atoms with van der Waals surface area (Å²) in [6, 6.07) is 9.82. The maximum atomic E-state index is 10.9. The molecule has 6 rings (SSSR count). The van der Waals surface area contributed by atoms with Crippen LogP contribution in [0.25, 0.3) is 22.1 Å². The van der Waals surface area contributed by atoms with Gasteiger partial charge in [-0.25, -0.2) is 9.97 Å². The summed E-state index contributed by atoms with van der Waals surface area (Å²) in [5.41, 5.74) is 2.25. The summed E-state index contributed by atoms with van der Waals surface area (Å²) >= 11 is 0. The Hall–Kier alpha value is -4.30. The molecule has 14 nitrogen and oxygen atoms in total. The second-order valence-corrected chi connectivity index (χ2v) is 8.18. The topological polar surface area (TPSA) is 169 Å². The summed E-state index contributed by atoms with van der Waals surface area (Å²) in [4.78, 5) is 40.0. The molecule has 2 saturated heterocycles. The molecule has 36 heavy (non-hydrogen) atoms. The van der Waals surface area contributed by atoms with Crippen molar-refractivity contribution >= 4 is 45.3 Å². The average molecular weight is 496 g/mol. The zero-order chi connectivity index (χ0) is 25.1. The van der Waals surface area contributed by atoms with E-state index in [0.29, 0.717) is 60.4 Å². The lowest BCUT2D eigenvalue weighted by Gasteiger charge is -2.25. The Bertz CT molecular complexity index is 1280. The first kappa shape index (κ1) is 23.4. The van der Waals surface area contributed by atoms with E-state index in [1.54, 1.807) is 24.3 Å². The van der Waals surface area contributed by atoms with E-state index in [-0.39, 0.29) is 11.4 Å². The minimum absolute atomic E-state index is 0.0308. The molecule has 0 saturated carbocycles. The molecule has 2 aliphatic rings. The van der Waals surface area contributed by atoms with E-state index in [1.165, 1.54) is 12.1 Å². The minimum Gasteiger partial charge on any atom is -0.378 e. The van der Waals surface area contributed by atoms with E-state index in [1.807, 2.05) is 9.80 Å². The molecule has 14 heteroatoms. The number of non-ortho nitro benzene ring substituents is 2. The van der Waals surface area contributed by atoms with Crippen LogP contribution < -0.4 is 9.80 Å². The van der Waals surface area contributed by atoms with Gasteiger partial charge in [0.1, 0.15) is 0 Å². The normalized spacial score (nSPS) is 16.1. The monoisotopic (exact) mass is 496 g/mol. The fourth-order valence-electron chi connectivity index (χ4n) is 4.15. The lowest BCUT2D eigenvalue weighted by molar-refractivity contribution is -0.383. The summed E-state index contributed by atoms with van der Waals surface area (Å²) in [7, 11) is 0. The third-order valence-corrected chi connectivity index (χ3v) is 5.97. The van der Waals surface area contributed by atoms with Crippen molar-refractivity contribution in [2.24, 2.45) is 0 Å². The molecule has 0 amide bonds. The van der Waals surface area contributed by atoms with Crippen LogP contribution in [0.15, 0.2) is 36.4 Å². The third-order valence-electron chi connectivity index (χ3n) is 5.97. The van der Waals surface area contributed by atoms with Gasteiger partial charge in [0.15, 0.2) is 11.0 Å². The lowest BCUT2D eigenvalue weighted by atomic mass is 10.3. The highest BCUT2D eigenvalue weighted by Gasteiger charge is 2.21. The number of H-pyrrole nitrogens is 2. The molecular weight excluding hydrogens is 472 g/mol. The van der Waals surface area contributed by atoms with E-state index < -0.39 is 9.85 Å². The Labute approximate surface area is 204 Å². The number of hydrogen-bond donors (Lipinski definition) is 2. The molecule has 0 aliphatic carbocycles. The molecular formula is C22H24N8O6. The molecule has 2 N–H and O–H groups in total. The van der Waals surface area contributed by atoms with Gasteiger partial charge in [-0.15, -0.1) is 0 Å². The number of hydrogen-bond acceptors (Lipinski definition) is 10. The summed E-state index contributed by atoms with van der Waals surface area (Å²) in [6.45, 7) is 5.58. The number of nitro benzene ring substituents is 2. The van der Waals surface area contributed by atoms with Gasteiger partial charge < -0.3 is 29.2 Å². The predicted molar refractivity (Wildman–Crippen MR) is 132 cm³/mol. The quantitative estimate of drug-likeness (QED) is 0.316. The van der Waals surface area contributed by atoms with Gasteiger partial charge in [-0.1, -0.05) is 12.1 Å². The Kier molecular flexibility index (Phi) is 6.60. The maximum Gasteiger partial charge on any atom is 0.297 e. The van der Waals surface area contributed by atoms with Crippen molar-refractivity contribution in [3.8, 4) is 0 Å². The molecule has 0 atom stereocenters. The van der Waals surface area contributed by atoms with Crippen molar-refractivity contribution in [1.29, 1.82) is 0 Å². The maximum absolute atomic E-state index is 10.9. The van der Waals surface area contributed by atoms with Crippen molar-refractivity contribution in [3.63, 3.8) is 0 Å². The number of fused-ring (bicyclic) bond motifs is 2. The number of imidazole rings is 2. The number of benzene rings is 2. The molecule has 2 aromatic carbocycles. The fourth-order valence-corrected chi connectivity index (χ4v) is 4.15. The number of nitrogens with zero attached hydrogens (tertiary/aromatic N) is 6. The smallest absolute Gasteiger partial charge is 0.297 e. The Morgan fingerprint density at radius 2 is 1.08 bits per heavy atom. The summed E-state index contributed by atoms with van der Waals surface area (Å²) in [5, 5.41) is 21.8. The lowest BCUT2D eigenvalue weighted by Crippen LogP contribution is -2.36. The van der Waals surface area contributed by atoms with Crippen molar-refractivity contribution in [2.75, 3.05) is 62.4 Å². The number of aromatic amines is 2. The van der Waals surface area contributed by atoms with Gasteiger partial charge in [-0.05, 0) is 12.1 Å². The molecule has 4 aromatic rings. The molecule has 188 valence electrons. The van der Waals surface area contributed by atoms with Gasteiger partial charge in [0, 0.05) is 38.3 Å². The number of nitro groups is 2. The first-order valence-corrected chi connectivity index (χ1v) is 11.4. The van der Waals surface area contributed by atoms with Crippen molar-refractivity contribution in [2.45, 2.75) is 0 Å². The number of anilines is 2. The highest BCUT2D eigenvalue weighted by molar-refractivity contribution is 5.87. The Morgan fingerprint density at radius 3 is 1.44 bits per heavy atom. The van der Waals surface area contributed by atoms with Crippen LogP contribution in [0.4, 0.5) is 23.3 Å². The van der Waals surface area contributed by atoms with Crippen LogP contribution in [0.2, 0.25) is 0 Å². The predicted octanol–water partition coefficient (Wildman–Crippen LogP) is 2.62. The number of ether oxygens (including phenoxy) is 2. The molecule has 2 aliphatic heterocycles. The summed E-state index contributed by atoms with van der Waals surface area (Å²) in [6.07, 6.45) is 0. The number of morpholine rings is 2. The van der Waals surface area contributed by atoms with Gasteiger partial charge in [0.2, 0.25) is 11.9 Å². The van der Waals surface area contributed by atoms with Crippen molar-refractivity contribution in [1.82, 2.24) is 19.9 Å². The Balaban J connectivity index is 0.000000148. The average Bonchev–Trinajstić information content (AvgIpc) is 3.54. The van der Waals surface area contributed by atoms with Gasteiger partial charge in [-0.2, -0.15) is 0 Å². The van der Waals surface area contributed by atoms with Crippen LogP contribution in [-0.4, -0.2) is 82.4 Å². The number of nitrogens with one attached hydrogen (secondary N) is 2. The zero-order valence-electron chi connectivity index (χ0n) is 19.3. The van der Waals surface area contributed by atoms with Gasteiger partial charge >= 0.3 is 0 Å². The van der Waals surface area contributed by atoms with E-state index in [4.69, 9.17) is 9.47 Å². The van der Waals surface area contributed by atoms with Gasteiger partial charge in [0.25, 0.3) is 11.4 Å². The van der Waals surface area contributed by atoms with E-state index >= 15 is 0 Å². The largest absolute Gasteiger partial charge is 0.378 e. The molecule has 0 unspecified atom stereocenters. The molecule has 0 radical (unpaired) electrons. The highest BCUT2D eigenvalue weighted by Crippen LogP contribution is 2.27. The molecule has 2 aromatic heterocycles. The summed E-state index contributed by atoms with van der Waals surface area (Å²) < 4.78 is 10.5. The van der Waals surface area contributed by atoms with E-state index in [9.17, 15) is 20.2 Å². The first-order chi connectivity index (χ1) is 17.5. The van der Waals surface area contributed by atoms with Crippen molar-refractivity contribution < 1.29 is 19.3 Å². The van der Waals surface area contributed by atoms with Gasteiger partial charge in [-0.3, -0.25) is 20.2 Å². The van der Waals surface area contributed by atoms with Crippen LogP contribution >= 0.6 is 0 Å². The zero-order valence-corrected chi connectivity index (χ0v) is 19.3. The highest BCUT2D eigenvalue weighted by atomic mass is 16.6. The minimum atomic E-state index is -0.410. The second-order valence-electron chi connectivity index (χ2n) is 8.18. The van der Waals surface area contributed by atoms with E-state index in [2.05, 4.69) is 19.9 Å². The number of para-hydroxylation sites is 2. The van der Waals surface area contributed by atoms with Crippen LogP contribution in [0.3, 0.4) is 0 Å². The third kappa shape index (κ3) is 4.76. The van der Waals surface area contributed by atoms with Crippen LogP contribution in [0.1, 0.15) is 0 Å². The first-order valence-electron chi connectivity index (χ1n) is 11.4. The van der Waals surface area contributed by atoms with Crippen LogP contribution in [0.5, 0.6) is 0 Å². The number of rotatable bonds is 4. The second kappa shape index (κ2) is 10.1. The summed E-state index contributed by atoms with van der Waals surface area (Å²) in [5.74, 6) is 1.34. The Morgan fingerprint density at radius 1 is 0.694 bits per heavy atom. The molecule has 4 heterocycles. The SMILES string of the molecule is O=[N+]([O-])c1cccc2[nH]c(N3CCOCC3)nc12.O=[N+]([O-])c1cccc2[nH]c(N3CCOCC3)nc12. The van der Waals surface area contributed by atoms with Crippen molar-refractivity contribution in [3.05, 3.63) is 56.6 Å². The standard InChI is InChI=1S/2C11H12N4O3/c2*16-15(17)9-3-1-2-8-10(9)13-11(12-8)14-4-6-18-7-5-14/h2*1-3H,4-7H2,(H,12,13). The van der Waals surface area contributed by atoms with Crippen LogP contribution in [0, 0.1) is 20.2 Å². The van der Waals surface area contributed by atoms with E-state index in [0.717, 1.165) is 26.2 Å². The van der Waals surface area contributed by atoms with Gasteiger partial charge in [0.05, 0.1) is 47.3 Å².